The summed E-state index contributed by atoms with van der Waals surface area (Å²) in [5, 5.41) is 14.2. The molecule has 0 aromatic carbocycles. The highest BCUT2D eigenvalue weighted by Gasteiger charge is 2.05. The van der Waals surface area contributed by atoms with Crippen LogP contribution in [0.4, 0.5) is 0 Å². The van der Waals surface area contributed by atoms with Crippen LogP contribution in [0.3, 0.4) is 0 Å². The van der Waals surface area contributed by atoms with Gasteiger partial charge in [-0.1, -0.05) is 6.92 Å². The third-order valence-electron chi connectivity index (χ3n) is 2.32. The summed E-state index contributed by atoms with van der Waals surface area (Å²) in [7, 11) is 1.69. The Kier molecular flexibility index (Phi) is 5.68. The van der Waals surface area contributed by atoms with E-state index in [4.69, 9.17) is 9.84 Å². The minimum absolute atomic E-state index is 0.269. The van der Waals surface area contributed by atoms with Crippen molar-refractivity contribution in [2.24, 2.45) is 5.92 Å². The van der Waals surface area contributed by atoms with E-state index in [0.29, 0.717) is 5.92 Å². The molecule has 0 saturated carbocycles. The molecule has 0 aliphatic rings. The van der Waals surface area contributed by atoms with E-state index >= 15 is 0 Å². The Bertz CT molecular complexity index is 275. The summed E-state index contributed by atoms with van der Waals surface area (Å²) < 4.78 is 5.22. The highest BCUT2D eigenvalue weighted by molar-refractivity contribution is 7.10. The summed E-state index contributed by atoms with van der Waals surface area (Å²) in [4.78, 5) is 1.23. The van der Waals surface area contributed by atoms with Gasteiger partial charge in [-0.05, 0) is 30.3 Å². The summed E-state index contributed by atoms with van der Waals surface area (Å²) in [5.74, 6) is 1.48. The Labute approximate surface area is 95.1 Å². The van der Waals surface area contributed by atoms with Crippen molar-refractivity contribution in [3.8, 4) is 5.75 Å². The van der Waals surface area contributed by atoms with Crippen LogP contribution in [0.1, 0.15) is 18.2 Å². The topological polar surface area (TPSA) is 41.5 Å². The first-order valence-corrected chi connectivity index (χ1v) is 6.07. The molecule has 1 unspecified atom stereocenters. The van der Waals surface area contributed by atoms with Crippen LogP contribution in [0.2, 0.25) is 0 Å². The number of ether oxygens (including phenoxy) is 1. The van der Waals surface area contributed by atoms with E-state index in [0.717, 1.165) is 25.3 Å². The van der Waals surface area contributed by atoms with Gasteiger partial charge in [0, 0.05) is 13.2 Å². The highest BCUT2D eigenvalue weighted by Crippen LogP contribution is 2.23. The molecule has 1 aromatic rings. The fourth-order valence-electron chi connectivity index (χ4n) is 1.39. The van der Waals surface area contributed by atoms with Crippen LogP contribution in [0.5, 0.6) is 5.75 Å². The zero-order valence-electron chi connectivity index (χ0n) is 9.32. The van der Waals surface area contributed by atoms with Gasteiger partial charge in [0.15, 0.2) is 0 Å². The third-order valence-corrected chi connectivity index (χ3v) is 3.23. The lowest BCUT2D eigenvalue weighted by atomic mass is 10.1. The number of thiophene rings is 1. The van der Waals surface area contributed by atoms with Crippen LogP contribution >= 0.6 is 11.3 Å². The first-order valence-electron chi connectivity index (χ1n) is 5.19. The molecule has 4 heteroatoms. The number of nitrogens with one attached hydrogen (secondary N) is 1. The molecule has 1 aromatic heterocycles. The monoisotopic (exact) mass is 229 g/mol. The van der Waals surface area contributed by atoms with Crippen LogP contribution in [-0.4, -0.2) is 25.4 Å². The molecular weight excluding hydrogens is 210 g/mol. The van der Waals surface area contributed by atoms with Crippen molar-refractivity contribution in [1.29, 1.82) is 0 Å². The largest absolute Gasteiger partial charge is 0.496 e. The van der Waals surface area contributed by atoms with Gasteiger partial charge < -0.3 is 15.2 Å². The molecule has 0 bridgehead atoms. The lowest BCUT2D eigenvalue weighted by Gasteiger charge is -2.10. The highest BCUT2D eigenvalue weighted by atomic mass is 32.1. The Hall–Kier alpha value is -0.580. The van der Waals surface area contributed by atoms with Crippen molar-refractivity contribution in [3.63, 3.8) is 0 Å². The summed E-state index contributed by atoms with van der Waals surface area (Å²) in [6, 6.07) is 1.98. The second-order valence-corrected chi connectivity index (χ2v) is 4.66. The van der Waals surface area contributed by atoms with Crippen LogP contribution in [0.25, 0.3) is 0 Å². The normalized spacial score (nSPS) is 12.7. The number of aliphatic hydroxyl groups excluding tert-OH is 1. The fourth-order valence-corrected chi connectivity index (χ4v) is 2.20. The molecule has 1 atom stereocenters. The molecule has 0 saturated heterocycles. The summed E-state index contributed by atoms with van der Waals surface area (Å²) in [6.45, 7) is 4.18. The maximum atomic E-state index is 8.76. The van der Waals surface area contributed by atoms with E-state index in [1.807, 2.05) is 11.4 Å². The predicted molar refractivity (Wildman–Crippen MR) is 63.4 cm³/mol. The van der Waals surface area contributed by atoms with Crippen molar-refractivity contribution in [2.75, 3.05) is 20.3 Å². The Morgan fingerprint density at radius 3 is 3.07 bits per heavy atom. The van der Waals surface area contributed by atoms with Gasteiger partial charge in [0.1, 0.15) is 5.75 Å². The average Bonchev–Trinajstić information content (AvgIpc) is 2.66. The van der Waals surface area contributed by atoms with Gasteiger partial charge in [-0.2, -0.15) is 0 Å². The van der Waals surface area contributed by atoms with Crippen LogP contribution in [0.15, 0.2) is 11.4 Å². The first-order chi connectivity index (χ1) is 7.27. The quantitative estimate of drug-likeness (QED) is 0.750. The second kappa shape index (κ2) is 6.82. The molecule has 86 valence electrons. The molecule has 0 aliphatic heterocycles. The molecule has 2 N–H and O–H groups in total. The van der Waals surface area contributed by atoms with Crippen molar-refractivity contribution in [1.82, 2.24) is 5.32 Å². The van der Waals surface area contributed by atoms with E-state index in [1.165, 1.54) is 4.88 Å². The van der Waals surface area contributed by atoms with Crippen LogP contribution in [-0.2, 0) is 6.54 Å². The summed E-state index contributed by atoms with van der Waals surface area (Å²) >= 11 is 1.70. The smallest absolute Gasteiger partial charge is 0.134 e. The van der Waals surface area contributed by atoms with E-state index in [9.17, 15) is 0 Å². The van der Waals surface area contributed by atoms with E-state index < -0.39 is 0 Å². The standard InChI is InChI=1S/C11H19NO2S/c1-9(3-5-13)7-12-8-11-10(14-2)4-6-15-11/h4,6,9,12-13H,3,5,7-8H2,1-2H3. The number of rotatable bonds is 7. The van der Waals surface area contributed by atoms with E-state index in [1.54, 1.807) is 18.4 Å². The molecule has 1 heterocycles. The molecule has 0 radical (unpaired) electrons. The molecule has 0 amide bonds. The number of aliphatic hydroxyl groups is 1. The fraction of sp³-hybridized carbons (Fsp3) is 0.636. The predicted octanol–water partition coefficient (Wildman–Crippen LogP) is 1.86. The molecule has 0 aliphatic carbocycles. The Morgan fingerprint density at radius 1 is 1.60 bits per heavy atom. The molecule has 0 spiro atoms. The van der Waals surface area contributed by atoms with Gasteiger partial charge in [-0.25, -0.2) is 0 Å². The van der Waals surface area contributed by atoms with Crippen molar-refractivity contribution >= 4 is 11.3 Å². The van der Waals surface area contributed by atoms with Crippen molar-refractivity contribution in [3.05, 3.63) is 16.3 Å². The van der Waals surface area contributed by atoms with Crippen LogP contribution in [0, 0.1) is 5.92 Å². The lowest BCUT2D eigenvalue weighted by molar-refractivity contribution is 0.260. The average molecular weight is 229 g/mol. The zero-order chi connectivity index (χ0) is 11.1. The van der Waals surface area contributed by atoms with Crippen molar-refractivity contribution in [2.45, 2.75) is 19.9 Å². The van der Waals surface area contributed by atoms with Gasteiger partial charge in [0.2, 0.25) is 0 Å². The Balaban J connectivity index is 2.25. The number of hydrogen-bond donors (Lipinski definition) is 2. The van der Waals surface area contributed by atoms with Gasteiger partial charge in [0.05, 0.1) is 12.0 Å². The van der Waals surface area contributed by atoms with Gasteiger partial charge >= 0.3 is 0 Å². The molecule has 0 fully saturated rings. The third kappa shape index (κ3) is 4.20. The maximum Gasteiger partial charge on any atom is 0.134 e. The van der Waals surface area contributed by atoms with Crippen molar-refractivity contribution < 1.29 is 9.84 Å². The minimum Gasteiger partial charge on any atom is -0.496 e. The molecule has 3 nitrogen and oxygen atoms in total. The van der Waals surface area contributed by atoms with E-state index in [2.05, 4.69) is 12.2 Å². The molecular formula is C11H19NO2S. The van der Waals surface area contributed by atoms with Gasteiger partial charge in [-0.3, -0.25) is 0 Å². The molecule has 1 rings (SSSR count). The van der Waals surface area contributed by atoms with Crippen LogP contribution < -0.4 is 10.1 Å². The minimum atomic E-state index is 0.269. The van der Waals surface area contributed by atoms with Gasteiger partial charge in [-0.15, -0.1) is 11.3 Å². The van der Waals surface area contributed by atoms with Gasteiger partial charge in [0.25, 0.3) is 0 Å². The first kappa shape index (κ1) is 12.5. The number of hydrogen-bond acceptors (Lipinski definition) is 4. The zero-order valence-corrected chi connectivity index (χ0v) is 10.1. The molecule has 15 heavy (non-hydrogen) atoms. The number of methoxy groups -OCH3 is 1. The SMILES string of the molecule is COc1ccsc1CNCC(C)CCO. The van der Waals surface area contributed by atoms with E-state index in [-0.39, 0.29) is 6.61 Å². The summed E-state index contributed by atoms with van der Waals surface area (Å²) in [6.07, 6.45) is 0.856. The lowest BCUT2D eigenvalue weighted by Crippen LogP contribution is -2.21. The Morgan fingerprint density at radius 2 is 2.40 bits per heavy atom. The maximum absolute atomic E-state index is 8.76. The summed E-state index contributed by atoms with van der Waals surface area (Å²) in [5.41, 5.74) is 0. The second-order valence-electron chi connectivity index (χ2n) is 3.66.